The highest BCUT2D eigenvalue weighted by Crippen LogP contribution is 2.15. The summed E-state index contributed by atoms with van der Waals surface area (Å²) in [5.74, 6) is -0.0917. The van der Waals surface area contributed by atoms with Crippen LogP contribution in [0.25, 0.3) is 0 Å². The van der Waals surface area contributed by atoms with Crippen LogP contribution in [0.15, 0.2) is 0 Å². The summed E-state index contributed by atoms with van der Waals surface area (Å²) in [6, 6.07) is 0.390. The number of amides is 2. The summed E-state index contributed by atoms with van der Waals surface area (Å²) in [5, 5.41) is 2.82. The molecule has 0 aromatic rings. The van der Waals surface area contributed by atoms with Crippen LogP contribution < -0.4 is 11.1 Å². The number of carbonyl (C=O) groups excluding carboxylic acids is 2. The van der Waals surface area contributed by atoms with E-state index < -0.39 is 0 Å². The lowest BCUT2D eigenvalue weighted by Crippen LogP contribution is -2.51. The van der Waals surface area contributed by atoms with Gasteiger partial charge in [0.2, 0.25) is 11.8 Å². The number of hydrogen-bond donors (Lipinski definition) is 2. The SMILES string of the molecule is CCN(CC(=O)NC(C)C)C(=O)CN1CCCCC1CN. The van der Waals surface area contributed by atoms with Gasteiger partial charge in [0.1, 0.15) is 0 Å². The topological polar surface area (TPSA) is 78.7 Å². The van der Waals surface area contributed by atoms with Gasteiger partial charge >= 0.3 is 0 Å². The fourth-order valence-corrected chi connectivity index (χ4v) is 2.73. The van der Waals surface area contributed by atoms with Crippen molar-refractivity contribution in [3.05, 3.63) is 0 Å². The Morgan fingerprint density at radius 1 is 1.38 bits per heavy atom. The third-order valence-electron chi connectivity index (χ3n) is 3.88. The van der Waals surface area contributed by atoms with E-state index in [-0.39, 0.29) is 24.4 Å². The first-order valence-electron chi connectivity index (χ1n) is 7.99. The number of rotatable bonds is 7. The molecule has 21 heavy (non-hydrogen) atoms. The molecule has 0 spiro atoms. The zero-order chi connectivity index (χ0) is 15.8. The van der Waals surface area contributed by atoms with Gasteiger partial charge in [0, 0.05) is 25.2 Å². The third kappa shape index (κ3) is 6.01. The second-order valence-electron chi connectivity index (χ2n) is 5.99. The molecule has 2 amide bonds. The first-order chi connectivity index (χ1) is 9.97. The number of piperidine rings is 1. The van der Waals surface area contributed by atoms with Crippen LogP contribution in [0.3, 0.4) is 0 Å². The zero-order valence-corrected chi connectivity index (χ0v) is 13.6. The van der Waals surface area contributed by atoms with Gasteiger partial charge in [-0.25, -0.2) is 0 Å². The van der Waals surface area contributed by atoms with Crippen molar-refractivity contribution in [3.63, 3.8) is 0 Å². The van der Waals surface area contributed by atoms with Gasteiger partial charge in [-0.15, -0.1) is 0 Å². The van der Waals surface area contributed by atoms with Gasteiger partial charge in [-0.05, 0) is 40.2 Å². The van der Waals surface area contributed by atoms with Gasteiger partial charge in [-0.2, -0.15) is 0 Å². The van der Waals surface area contributed by atoms with Gasteiger partial charge in [-0.1, -0.05) is 6.42 Å². The summed E-state index contributed by atoms with van der Waals surface area (Å²) in [5.41, 5.74) is 5.78. The Morgan fingerprint density at radius 2 is 2.10 bits per heavy atom. The van der Waals surface area contributed by atoms with Crippen molar-refractivity contribution in [3.8, 4) is 0 Å². The summed E-state index contributed by atoms with van der Waals surface area (Å²) in [6.07, 6.45) is 3.36. The Bertz CT molecular complexity index is 347. The van der Waals surface area contributed by atoms with Crippen molar-refractivity contribution in [2.24, 2.45) is 5.73 Å². The van der Waals surface area contributed by atoms with E-state index in [1.165, 1.54) is 6.42 Å². The van der Waals surface area contributed by atoms with E-state index in [1.807, 2.05) is 20.8 Å². The lowest BCUT2D eigenvalue weighted by Gasteiger charge is -2.35. The molecule has 0 bridgehead atoms. The average molecular weight is 298 g/mol. The molecule has 1 aliphatic heterocycles. The zero-order valence-electron chi connectivity index (χ0n) is 13.6. The number of likely N-dealkylation sites (N-methyl/N-ethyl adjacent to an activating group) is 1. The maximum Gasteiger partial charge on any atom is 0.239 e. The van der Waals surface area contributed by atoms with Crippen molar-refractivity contribution in [2.45, 2.75) is 52.1 Å². The van der Waals surface area contributed by atoms with Gasteiger partial charge in [-0.3, -0.25) is 14.5 Å². The quantitative estimate of drug-likeness (QED) is 0.702. The Balaban J connectivity index is 2.52. The van der Waals surface area contributed by atoms with Crippen LogP contribution in [0, 0.1) is 0 Å². The van der Waals surface area contributed by atoms with Gasteiger partial charge in [0.15, 0.2) is 0 Å². The maximum atomic E-state index is 12.4. The molecule has 1 heterocycles. The molecule has 6 nitrogen and oxygen atoms in total. The first kappa shape index (κ1) is 17.9. The molecule has 122 valence electrons. The van der Waals surface area contributed by atoms with E-state index in [0.29, 0.717) is 25.7 Å². The molecule has 0 saturated carbocycles. The van der Waals surface area contributed by atoms with Crippen LogP contribution in [-0.4, -0.2) is 66.4 Å². The number of hydrogen-bond acceptors (Lipinski definition) is 4. The minimum Gasteiger partial charge on any atom is -0.352 e. The number of carbonyl (C=O) groups is 2. The number of nitrogens with two attached hydrogens (primary N) is 1. The molecule has 0 aromatic heterocycles. The average Bonchev–Trinajstić information content (AvgIpc) is 2.44. The smallest absolute Gasteiger partial charge is 0.239 e. The van der Waals surface area contributed by atoms with Crippen LogP contribution >= 0.6 is 0 Å². The molecule has 1 unspecified atom stereocenters. The minimum absolute atomic E-state index is 0.0109. The highest BCUT2D eigenvalue weighted by atomic mass is 16.2. The van der Waals surface area contributed by atoms with E-state index in [2.05, 4.69) is 10.2 Å². The third-order valence-corrected chi connectivity index (χ3v) is 3.88. The van der Waals surface area contributed by atoms with E-state index in [9.17, 15) is 9.59 Å². The van der Waals surface area contributed by atoms with E-state index in [1.54, 1.807) is 4.90 Å². The predicted molar refractivity (Wildman–Crippen MR) is 83.8 cm³/mol. The molecular weight excluding hydrogens is 268 g/mol. The van der Waals surface area contributed by atoms with Crippen LogP contribution in [0.4, 0.5) is 0 Å². The summed E-state index contributed by atoms with van der Waals surface area (Å²) < 4.78 is 0. The second-order valence-corrected chi connectivity index (χ2v) is 5.99. The molecule has 0 aliphatic carbocycles. The summed E-state index contributed by atoms with van der Waals surface area (Å²) in [4.78, 5) is 28.0. The van der Waals surface area contributed by atoms with Crippen LogP contribution in [0.2, 0.25) is 0 Å². The van der Waals surface area contributed by atoms with Crippen molar-refractivity contribution >= 4 is 11.8 Å². The number of nitrogens with zero attached hydrogens (tertiary/aromatic N) is 2. The van der Waals surface area contributed by atoms with Gasteiger partial charge in [0.25, 0.3) is 0 Å². The van der Waals surface area contributed by atoms with Gasteiger partial charge in [0.05, 0.1) is 13.1 Å². The molecule has 1 rings (SSSR count). The van der Waals surface area contributed by atoms with Crippen LogP contribution in [-0.2, 0) is 9.59 Å². The Kier molecular flexibility index (Phi) is 7.67. The molecule has 1 saturated heterocycles. The molecule has 1 atom stereocenters. The normalized spacial score (nSPS) is 19.6. The van der Waals surface area contributed by atoms with E-state index in [4.69, 9.17) is 5.73 Å². The monoisotopic (exact) mass is 298 g/mol. The molecule has 1 fully saturated rings. The second kappa shape index (κ2) is 9.00. The lowest BCUT2D eigenvalue weighted by molar-refractivity contribution is -0.137. The lowest BCUT2D eigenvalue weighted by atomic mass is 10.0. The fourth-order valence-electron chi connectivity index (χ4n) is 2.73. The molecule has 3 N–H and O–H groups in total. The molecule has 0 aromatic carbocycles. The fraction of sp³-hybridized carbons (Fsp3) is 0.867. The van der Waals surface area contributed by atoms with E-state index in [0.717, 1.165) is 19.4 Å². The minimum atomic E-state index is -0.103. The largest absolute Gasteiger partial charge is 0.352 e. The number of likely N-dealkylation sites (tertiary alicyclic amines) is 1. The van der Waals surface area contributed by atoms with E-state index >= 15 is 0 Å². The Hall–Kier alpha value is -1.14. The van der Waals surface area contributed by atoms with Crippen molar-refractivity contribution in [2.75, 3.05) is 32.7 Å². The van der Waals surface area contributed by atoms with Crippen molar-refractivity contribution in [1.29, 1.82) is 0 Å². The molecular formula is C15H30N4O2. The molecule has 1 aliphatic rings. The predicted octanol–water partition coefficient (Wildman–Crippen LogP) is 0.173. The van der Waals surface area contributed by atoms with Crippen LogP contribution in [0.5, 0.6) is 0 Å². The number of nitrogens with one attached hydrogen (secondary N) is 1. The van der Waals surface area contributed by atoms with Crippen molar-refractivity contribution < 1.29 is 9.59 Å². The molecule has 0 radical (unpaired) electrons. The Labute approximate surface area is 128 Å². The summed E-state index contributed by atoms with van der Waals surface area (Å²) in [7, 11) is 0. The molecule has 6 heteroatoms. The highest BCUT2D eigenvalue weighted by molar-refractivity contribution is 5.85. The Morgan fingerprint density at radius 3 is 2.67 bits per heavy atom. The highest BCUT2D eigenvalue weighted by Gasteiger charge is 2.25. The standard InChI is InChI=1S/C15H30N4O2/c1-4-18(10-14(20)17-12(2)3)15(21)11-19-8-6-5-7-13(19)9-16/h12-13H,4-11,16H2,1-3H3,(H,17,20). The maximum absolute atomic E-state index is 12.4. The summed E-state index contributed by atoms with van der Waals surface area (Å²) >= 11 is 0. The van der Waals surface area contributed by atoms with Crippen molar-refractivity contribution in [1.82, 2.24) is 15.1 Å². The summed E-state index contributed by atoms with van der Waals surface area (Å²) in [6.45, 7) is 8.28. The van der Waals surface area contributed by atoms with Gasteiger partial charge < -0.3 is 16.0 Å². The first-order valence-corrected chi connectivity index (χ1v) is 7.99. The van der Waals surface area contributed by atoms with Crippen LogP contribution in [0.1, 0.15) is 40.0 Å².